The van der Waals surface area contributed by atoms with Crippen LogP contribution in [-0.2, 0) is 11.3 Å². The SMILES string of the molecule is COCc1ccc(C(=O)N2CCCC2C2CCCCC2(C)O)cc1. The van der Waals surface area contributed by atoms with Crippen molar-refractivity contribution in [2.45, 2.75) is 63.7 Å². The number of carbonyl (C=O) groups excluding carboxylic acids is 1. The minimum atomic E-state index is -0.645. The highest BCUT2D eigenvalue weighted by atomic mass is 16.5. The number of nitrogens with zero attached hydrogens (tertiary/aromatic N) is 1. The van der Waals surface area contributed by atoms with Crippen LogP contribution in [0.4, 0.5) is 0 Å². The van der Waals surface area contributed by atoms with Gasteiger partial charge in [0.05, 0.1) is 12.2 Å². The molecule has 1 amide bonds. The smallest absolute Gasteiger partial charge is 0.254 e. The van der Waals surface area contributed by atoms with Gasteiger partial charge in [-0.15, -0.1) is 0 Å². The molecular formula is C20H29NO3. The third kappa shape index (κ3) is 3.50. The average Bonchev–Trinajstić information content (AvgIpc) is 3.04. The zero-order valence-electron chi connectivity index (χ0n) is 14.8. The van der Waals surface area contributed by atoms with E-state index in [1.165, 1.54) is 0 Å². The molecule has 1 saturated heterocycles. The highest BCUT2D eigenvalue weighted by Gasteiger charge is 2.44. The Hall–Kier alpha value is -1.39. The molecule has 1 aromatic rings. The summed E-state index contributed by atoms with van der Waals surface area (Å²) >= 11 is 0. The van der Waals surface area contributed by atoms with Gasteiger partial charge in [0.2, 0.25) is 0 Å². The predicted octanol–water partition coefficient (Wildman–Crippen LogP) is 3.38. The number of methoxy groups -OCH3 is 1. The van der Waals surface area contributed by atoms with Gasteiger partial charge in [0.25, 0.3) is 5.91 Å². The van der Waals surface area contributed by atoms with Gasteiger partial charge in [-0.1, -0.05) is 25.0 Å². The van der Waals surface area contributed by atoms with Gasteiger partial charge in [0.1, 0.15) is 0 Å². The number of rotatable bonds is 4. The average molecular weight is 331 g/mol. The maximum Gasteiger partial charge on any atom is 0.254 e. The fraction of sp³-hybridized carbons (Fsp3) is 0.650. The van der Waals surface area contributed by atoms with Crippen molar-refractivity contribution in [1.29, 1.82) is 0 Å². The van der Waals surface area contributed by atoms with Gasteiger partial charge in [-0.2, -0.15) is 0 Å². The van der Waals surface area contributed by atoms with Crippen LogP contribution < -0.4 is 0 Å². The van der Waals surface area contributed by atoms with E-state index < -0.39 is 5.60 Å². The summed E-state index contributed by atoms with van der Waals surface area (Å²) in [5.74, 6) is 0.299. The number of hydrogen-bond acceptors (Lipinski definition) is 3. The molecule has 4 nitrogen and oxygen atoms in total. The minimum Gasteiger partial charge on any atom is -0.390 e. The van der Waals surface area contributed by atoms with Crippen LogP contribution in [0.15, 0.2) is 24.3 Å². The molecule has 3 rings (SSSR count). The Morgan fingerprint density at radius 2 is 2.00 bits per heavy atom. The first-order valence-corrected chi connectivity index (χ1v) is 9.14. The molecule has 24 heavy (non-hydrogen) atoms. The maximum absolute atomic E-state index is 13.0. The van der Waals surface area contributed by atoms with Gasteiger partial charge >= 0.3 is 0 Å². The van der Waals surface area contributed by atoms with E-state index in [9.17, 15) is 9.90 Å². The topological polar surface area (TPSA) is 49.8 Å². The van der Waals surface area contributed by atoms with Crippen LogP contribution in [0, 0.1) is 5.92 Å². The lowest BCUT2D eigenvalue weighted by molar-refractivity contribution is -0.0577. The molecule has 0 bridgehead atoms. The molecule has 0 aromatic heterocycles. The molecule has 3 atom stereocenters. The molecule has 0 spiro atoms. The van der Waals surface area contributed by atoms with Crippen molar-refractivity contribution in [3.05, 3.63) is 35.4 Å². The molecule has 3 unspecified atom stereocenters. The summed E-state index contributed by atoms with van der Waals surface area (Å²) in [7, 11) is 1.67. The highest BCUT2D eigenvalue weighted by Crippen LogP contribution is 2.41. The Morgan fingerprint density at radius 3 is 2.67 bits per heavy atom. The Kier molecular flexibility index (Phi) is 5.26. The lowest BCUT2D eigenvalue weighted by Crippen LogP contribution is -2.50. The maximum atomic E-state index is 13.0. The molecule has 1 aliphatic heterocycles. The number of benzene rings is 1. The van der Waals surface area contributed by atoms with E-state index in [0.29, 0.717) is 6.61 Å². The lowest BCUT2D eigenvalue weighted by Gasteiger charge is -2.43. The number of likely N-dealkylation sites (tertiary alicyclic amines) is 1. The normalized spacial score (nSPS) is 30.5. The van der Waals surface area contributed by atoms with E-state index in [2.05, 4.69) is 0 Å². The van der Waals surface area contributed by atoms with Gasteiger partial charge in [0, 0.05) is 31.2 Å². The van der Waals surface area contributed by atoms with Crippen molar-refractivity contribution in [2.24, 2.45) is 5.92 Å². The number of carbonyl (C=O) groups is 1. The molecule has 0 radical (unpaired) electrons. The van der Waals surface area contributed by atoms with Gasteiger partial charge in [-0.3, -0.25) is 4.79 Å². The zero-order chi connectivity index (χ0) is 17.2. The largest absolute Gasteiger partial charge is 0.390 e. The van der Waals surface area contributed by atoms with Gasteiger partial charge in [0.15, 0.2) is 0 Å². The quantitative estimate of drug-likeness (QED) is 0.920. The summed E-state index contributed by atoms with van der Waals surface area (Å²) in [6, 6.07) is 7.87. The molecule has 4 heteroatoms. The van der Waals surface area contributed by atoms with Crippen molar-refractivity contribution in [3.8, 4) is 0 Å². The van der Waals surface area contributed by atoms with Crippen LogP contribution in [0.3, 0.4) is 0 Å². The van der Waals surface area contributed by atoms with E-state index in [0.717, 1.165) is 56.2 Å². The molecule has 1 saturated carbocycles. The first-order valence-electron chi connectivity index (χ1n) is 9.14. The third-order valence-corrected chi connectivity index (χ3v) is 5.78. The molecule has 1 heterocycles. The van der Waals surface area contributed by atoms with Crippen LogP contribution in [0.1, 0.15) is 61.4 Å². The summed E-state index contributed by atoms with van der Waals surface area (Å²) in [5.41, 5.74) is 1.16. The van der Waals surface area contributed by atoms with E-state index in [4.69, 9.17) is 4.74 Å². The molecule has 2 aliphatic rings. The summed E-state index contributed by atoms with van der Waals surface area (Å²) < 4.78 is 5.12. The number of ether oxygens (including phenoxy) is 1. The van der Waals surface area contributed by atoms with Crippen LogP contribution in [0.25, 0.3) is 0 Å². The molecule has 1 aliphatic carbocycles. The van der Waals surface area contributed by atoms with E-state index >= 15 is 0 Å². The van der Waals surface area contributed by atoms with Crippen LogP contribution in [-0.4, -0.2) is 41.2 Å². The Balaban J connectivity index is 1.75. The number of aliphatic hydroxyl groups is 1. The molecule has 132 valence electrons. The third-order valence-electron chi connectivity index (χ3n) is 5.78. The summed E-state index contributed by atoms with van der Waals surface area (Å²) in [4.78, 5) is 15.0. The second-order valence-electron chi connectivity index (χ2n) is 7.55. The van der Waals surface area contributed by atoms with Crippen LogP contribution >= 0.6 is 0 Å². The molecule has 1 aromatic carbocycles. The van der Waals surface area contributed by atoms with Gasteiger partial charge in [-0.25, -0.2) is 0 Å². The fourth-order valence-electron chi connectivity index (χ4n) is 4.49. The van der Waals surface area contributed by atoms with Crippen molar-refractivity contribution in [3.63, 3.8) is 0 Å². The first-order chi connectivity index (χ1) is 11.5. The summed E-state index contributed by atoms with van der Waals surface area (Å²) in [6.45, 7) is 3.32. The molecular weight excluding hydrogens is 302 g/mol. The van der Waals surface area contributed by atoms with Gasteiger partial charge < -0.3 is 14.7 Å². The standard InChI is InChI=1S/C20H29NO3/c1-20(23)12-4-3-6-17(20)18-7-5-13-21(18)19(22)16-10-8-15(9-11-16)14-24-2/h8-11,17-18,23H,3-7,12-14H2,1-2H3. The van der Waals surface area contributed by atoms with Gasteiger partial charge in [-0.05, 0) is 50.3 Å². The fourth-order valence-corrected chi connectivity index (χ4v) is 4.49. The minimum absolute atomic E-state index is 0.0999. The summed E-state index contributed by atoms with van der Waals surface area (Å²) in [5, 5.41) is 10.8. The second-order valence-corrected chi connectivity index (χ2v) is 7.55. The lowest BCUT2D eigenvalue weighted by atomic mass is 9.72. The van der Waals surface area contributed by atoms with Crippen molar-refractivity contribution in [2.75, 3.05) is 13.7 Å². The molecule has 2 fully saturated rings. The van der Waals surface area contributed by atoms with Crippen molar-refractivity contribution < 1.29 is 14.6 Å². The first kappa shape index (κ1) is 17.4. The van der Waals surface area contributed by atoms with Crippen LogP contribution in [0.5, 0.6) is 0 Å². The highest BCUT2D eigenvalue weighted by molar-refractivity contribution is 5.94. The Morgan fingerprint density at radius 1 is 1.25 bits per heavy atom. The zero-order valence-corrected chi connectivity index (χ0v) is 14.8. The van der Waals surface area contributed by atoms with Crippen molar-refractivity contribution in [1.82, 2.24) is 4.90 Å². The monoisotopic (exact) mass is 331 g/mol. The number of amides is 1. The molecule has 1 N–H and O–H groups in total. The Labute approximate surface area is 144 Å². The van der Waals surface area contributed by atoms with Crippen molar-refractivity contribution >= 4 is 5.91 Å². The second kappa shape index (κ2) is 7.24. The summed E-state index contributed by atoms with van der Waals surface area (Å²) in [6.07, 6.45) is 6.16. The predicted molar refractivity (Wildman–Crippen MR) is 93.8 cm³/mol. The number of hydrogen-bond donors (Lipinski definition) is 1. The van der Waals surface area contributed by atoms with E-state index in [1.807, 2.05) is 36.1 Å². The van der Waals surface area contributed by atoms with Crippen LogP contribution in [0.2, 0.25) is 0 Å². The van der Waals surface area contributed by atoms with E-state index in [-0.39, 0.29) is 17.9 Å². The Bertz CT molecular complexity index is 567. The van der Waals surface area contributed by atoms with E-state index in [1.54, 1.807) is 7.11 Å².